The van der Waals surface area contributed by atoms with E-state index >= 15 is 0 Å². The van der Waals surface area contributed by atoms with Crippen LogP contribution in [0.5, 0.6) is 0 Å². The number of piperidine rings is 1. The number of carbonyl (C=O) groups excluding carboxylic acids is 2. The van der Waals surface area contributed by atoms with Gasteiger partial charge in [-0.25, -0.2) is 8.78 Å². The molecule has 1 heterocycles. The van der Waals surface area contributed by atoms with E-state index in [0.717, 1.165) is 0 Å². The lowest BCUT2D eigenvalue weighted by Gasteiger charge is -2.36. The number of nitrogens with one attached hydrogen (secondary N) is 1. The molecule has 1 atom stereocenters. The largest absolute Gasteiger partial charge is 0.343 e. The fraction of sp³-hybridized carbons (Fsp3) is 0.467. The van der Waals surface area contributed by atoms with Crippen molar-refractivity contribution >= 4 is 11.8 Å². The van der Waals surface area contributed by atoms with Crippen molar-refractivity contribution in [2.45, 2.75) is 19.3 Å². The molecule has 0 radical (unpaired) electrons. The van der Waals surface area contributed by atoms with Gasteiger partial charge in [-0.15, -0.1) is 0 Å². The highest BCUT2D eigenvalue weighted by molar-refractivity contribution is 5.96. The first kappa shape index (κ1) is 15.4. The molecule has 1 aliphatic rings. The summed E-state index contributed by atoms with van der Waals surface area (Å²) in [5.41, 5.74) is 0.462. The van der Waals surface area contributed by atoms with Gasteiger partial charge in [0.05, 0.1) is 6.54 Å². The molecule has 1 unspecified atom stereocenters. The number of amides is 2. The number of hydrogen-bond donors (Lipinski definition) is 1. The Morgan fingerprint density at radius 2 is 2.00 bits per heavy atom. The third kappa shape index (κ3) is 3.77. The lowest BCUT2D eigenvalue weighted by atomic mass is 9.95. The van der Waals surface area contributed by atoms with Crippen LogP contribution in [-0.2, 0) is 4.79 Å². The fourth-order valence-electron chi connectivity index (χ4n) is 2.27. The molecule has 2 rings (SSSR count). The molecular formula is C15H18F2N2O2. The normalized spacial score (nSPS) is 20.9. The van der Waals surface area contributed by atoms with Gasteiger partial charge in [0, 0.05) is 31.0 Å². The number of benzene rings is 1. The molecule has 6 heteroatoms. The maximum absolute atomic E-state index is 13.4. The van der Waals surface area contributed by atoms with E-state index in [0.29, 0.717) is 5.56 Å². The molecule has 1 aliphatic heterocycles. The summed E-state index contributed by atoms with van der Waals surface area (Å²) >= 11 is 0. The molecule has 0 aromatic heterocycles. The van der Waals surface area contributed by atoms with Crippen LogP contribution in [0.25, 0.3) is 0 Å². The predicted molar refractivity (Wildman–Crippen MR) is 74.1 cm³/mol. The summed E-state index contributed by atoms with van der Waals surface area (Å²) in [4.78, 5) is 25.1. The summed E-state index contributed by atoms with van der Waals surface area (Å²) in [5.74, 6) is -4.26. The summed E-state index contributed by atoms with van der Waals surface area (Å²) < 4.78 is 26.7. The number of alkyl halides is 2. The molecule has 4 nitrogen and oxygen atoms in total. The fourth-order valence-corrected chi connectivity index (χ4v) is 2.27. The highest BCUT2D eigenvalue weighted by Gasteiger charge is 2.42. The Hall–Kier alpha value is -1.98. The summed E-state index contributed by atoms with van der Waals surface area (Å²) in [5, 5.41) is 2.51. The molecule has 1 fully saturated rings. The van der Waals surface area contributed by atoms with Crippen LogP contribution in [0.1, 0.15) is 23.7 Å². The lowest BCUT2D eigenvalue weighted by molar-refractivity contribution is -0.142. The third-order valence-electron chi connectivity index (χ3n) is 3.72. The van der Waals surface area contributed by atoms with Crippen LogP contribution < -0.4 is 5.32 Å². The second-order valence-corrected chi connectivity index (χ2v) is 5.30. The zero-order valence-electron chi connectivity index (χ0n) is 11.8. The van der Waals surface area contributed by atoms with Gasteiger partial charge < -0.3 is 10.2 Å². The van der Waals surface area contributed by atoms with E-state index in [-0.39, 0.29) is 37.9 Å². The van der Waals surface area contributed by atoms with Gasteiger partial charge in [-0.1, -0.05) is 25.1 Å². The number of carbonyl (C=O) groups is 2. The maximum Gasteiger partial charge on any atom is 0.254 e. The van der Waals surface area contributed by atoms with Crippen LogP contribution in [0.4, 0.5) is 8.78 Å². The van der Waals surface area contributed by atoms with Gasteiger partial charge in [-0.2, -0.15) is 0 Å². The van der Waals surface area contributed by atoms with Crippen LogP contribution in [0.2, 0.25) is 0 Å². The summed E-state index contributed by atoms with van der Waals surface area (Å²) in [6.45, 7) is 1.30. The topological polar surface area (TPSA) is 49.4 Å². The Morgan fingerprint density at radius 3 is 2.62 bits per heavy atom. The molecule has 1 saturated heterocycles. The number of likely N-dealkylation sites (tertiary alicyclic amines) is 1. The molecule has 0 bridgehead atoms. The zero-order chi connectivity index (χ0) is 15.5. The van der Waals surface area contributed by atoms with E-state index in [2.05, 4.69) is 5.32 Å². The van der Waals surface area contributed by atoms with Crippen molar-refractivity contribution < 1.29 is 18.4 Å². The molecule has 1 N–H and O–H groups in total. The summed E-state index contributed by atoms with van der Waals surface area (Å²) in [6.07, 6.45) is -0.327. The molecular weight excluding hydrogens is 278 g/mol. The highest BCUT2D eigenvalue weighted by Crippen LogP contribution is 2.32. The number of rotatable bonds is 3. The van der Waals surface area contributed by atoms with Crippen molar-refractivity contribution in [1.29, 1.82) is 0 Å². The highest BCUT2D eigenvalue weighted by atomic mass is 19.3. The van der Waals surface area contributed by atoms with E-state index in [9.17, 15) is 18.4 Å². The van der Waals surface area contributed by atoms with Gasteiger partial charge in [0.25, 0.3) is 11.8 Å². The first-order valence-electron chi connectivity index (χ1n) is 6.89. The van der Waals surface area contributed by atoms with E-state index in [4.69, 9.17) is 0 Å². The minimum absolute atomic E-state index is 0.0209. The van der Waals surface area contributed by atoms with Gasteiger partial charge in [0.1, 0.15) is 0 Å². The van der Waals surface area contributed by atoms with Crippen LogP contribution in [0, 0.1) is 5.92 Å². The number of nitrogens with zero attached hydrogens (tertiary/aromatic N) is 1. The minimum atomic E-state index is -2.72. The molecule has 2 amide bonds. The Kier molecular flexibility index (Phi) is 4.55. The van der Waals surface area contributed by atoms with Gasteiger partial charge in [-0.05, 0) is 12.1 Å². The molecule has 0 saturated carbocycles. The van der Waals surface area contributed by atoms with Crippen molar-refractivity contribution in [2.75, 3.05) is 19.6 Å². The van der Waals surface area contributed by atoms with E-state index in [1.807, 2.05) is 0 Å². The van der Waals surface area contributed by atoms with E-state index < -0.39 is 11.8 Å². The van der Waals surface area contributed by atoms with Crippen LogP contribution >= 0.6 is 0 Å². The second-order valence-electron chi connectivity index (χ2n) is 5.30. The van der Waals surface area contributed by atoms with Crippen molar-refractivity contribution in [3.63, 3.8) is 0 Å². The first-order chi connectivity index (χ1) is 9.90. The van der Waals surface area contributed by atoms with Crippen LogP contribution in [0.15, 0.2) is 30.3 Å². The van der Waals surface area contributed by atoms with Crippen molar-refractivity contribution in [3.8, 4) is 0 Å². The Balaban J connectivity index is 1.84. The minimum Gasteiger partial charge on any atom is -0.343 e. The summed E-state index contributed by atoms with van der Waals surface area (Å²) in [6, 6.07) is 8.53. The standard InChI is InChI=1S/C15H18F2N2O2/c1-11-10-19(8-7-15(11,16)17)13(20)9-18-14(21)12-5-3-2-4-6-12/h2-6,11H,7-10H2,1H3,(H,18,21). The average Bonchev–Trinajstić information content (AvgIpc) is 2.48. The van der Waals surface area contributed by atoms with Gasteiger partial charge >= 0.3 is 0 Å². The zero-order valence-corrected chi connectivity index (χ0v) is 11.8. The first-order valence-corrected chi connectivity index (χ1v) is 6.89. The Bertz CT molecular complexity index is 520. The van der Waals surface area contributed by atoms with E-state index in [1.54, 1.807) is 30.3 Å². The Morgan fingerprint density at radius 1 is 1.33 bits per heavy atom. The summed E-state index contributed by atoms with van der Waals surface area (Å²) in [7, 11) is 0. The van der Waals surface area contributed by atoms with Crippen molar-refractivity contribution in [3.05, 3.63) is 35.9 Å². The average molecular weight is 296 g/mol. The number of hydrogen-bond acceptors (Lipinski definition) is 2. The van der Waals surface area contributed by atoms with Crippen molar-refractivity contribution in [1.82, 2.24) is 10.2 Å². The predicted octanol–water partition coefficient (Wildman–Crippen LogP) is 1.92. The second kappa shape index (κ2) is 6.20. The molecule has 1 aromatic carbocycles. The van der Waals surface area contributed by atoms with E-state index in [1.165, 1.54) is 11.8 Å². The van der Waals surface area contributed by atoms with Crippen LogP contribution in [0.3, 0.4) is 0 Å². The molecule has 114 valence electrons. The van der Waals surface area contributed by atoms with Crippen molar-refractivity contribution in [2.24, 2.45) is 5.92 Å². The molecule has 0 aliphatic carbocycles. The smallest absolute Gasteiger partial charge is 0.254 e. The quantitative estimate of drug-likeness (QED) is 0.926. The SMILES string of the molecule is CC1CN(C(=O)CNC(=O)c2ccccc2)CCC1(F)F. The monoisotopic (exact) mass is 296 g/mol. The molecule has 0 spiro atoms. The third-order valence-corrected chi connectivity index (χ3v) is 3.72. The van der Waals surface area contributed by atoms with Gasteiger partial charge in [-0.3, -0.25) is 9.59 Å². The molecule has 21 heavy (non-hydrogen) atoms. The lowest BCUT2D eigenvalue weighted by Crippen LogP contribution is -2.50. The van der Waals surface area contributed by atoms with Gasteiger partial charge in [0.15, 0.2) is 0 Å². The maximum atomic E-state index is 13.4. The Labute approximate surface area is 122 Å². The van der Waals surface area contributed by atoms with Gasteiger partial charge in [0.2, 0.25) is 5.91 Å². The number of halogens is 2. The molecule has 1 aromatic rings. The van der Waals surface area contributed by atoms with Crippen LogP contribution in [-0.4, -0.2) is 42.3 Å².